The maximum atomic E-state index is 13.6. The Balaban J connectivity index is 2.37. The summed E-state index contributed by atoms with van der Waals surface area (Å²) in [4.78, 5) is 0. The van der Waals surface area contributed by atoms with Crippen molar-refractivity contribution in [1.29, 1.82) is 0 Å². The minimum atomic E-state index is -0.426. The van der Waals surface area contributed by atoms with Gasteiger partial charge in [0.05, 0.1) is 21.8 Å². The summed E-state index contributed by atoms with van der Waals surface area (Å²) >= 11 is 9.15. The summed E-state index contributed by atoms with van der Waals surface area (Å²) in [6.07, 6.45) is 2.58. The molecule has 19 heavy (non-hydrogen) atoms. The van der Waals surface area contributed by atoms with Crippen LogP contribution in [-0.4, -0.2) is 6.54 Å². The van der Waals surface area contributed by atoms with Gasteiger partial charge in [-0.3, -0.25) is 0 Å². The normalized spacial score (nSPS) is 12.6. The Kier molecular flexibility index (Phi) is 5.02. The molecule has 0 saturated heterocycles. The van der Waals surface area contributed by atoms with Crippen LogP contribution in [0.25, 0.3) is 0 Å². The number of furan rings is 1. The van der Waals surface area contributed by atoms with Crippen molar-refractivity contribution in [1.82, 2.24) is 5.32 Å². The quantitative estimate of drug-likeness (QED) is 0.831. The smallest absolute Gasteiger partial charge is 0.142 e. The molecule has 1 N–H and O–H groups in total. The number of rotatable bonds is 5. The van der Waals surface area contributed by atoms with Crippen LogP contribution in [-0.2, 0) is 0 Å². The predicted molar refractivity (Wildman–Crippen MR) is 78.0 cm³/mol. The van der Waals surface area contributed by atoms with E-state index in [1.165, 1.54) is 6.07 Å². The fraction of sp³-hybridized carbons (Fsp3) is 0.286. The lowest BCUT2D eigenvalue weighted by Gasteiger charge is -2.17. The number of halogens is 3. The van der Waals surface area contributed by atoms with Gasteiger partial charge in [0.25, 0.3) is 0 Å². The van der Waals surface area contributed by atoms with Gasteiger partial charge >= 0.3 is 0 Å². The monoisotopic (exact) mass is 345 g/mol. The lowest BCUT2D eigenvalue weighted by atomic mass is 10.0. The van der Waals surface area contributed by atoms with Crippen LogP contribution in [0.4, 0.5) is 4.39 Å². The van der Waals surface area contributed by atoms with E-state index in [2.05, 4.69) is 28.2 Å². The van der Waals surface area contributed by atoms with E-state index >= 15 is 0 Å². The minimum absolute atomic E-state index is 0.122. The molecule has 1 atom stereocenters. The molecule has 0 saturated carbocycles. The molecule has 0 radical (unpaired) electrons. The molecule has 2 nitrogen and oxygen atoms in total. The summed E-state index contributed by atoms with van der Waals surface area (Å²) in [5, 5.41) is 3.46. The largest absolute Gasteiger partial charge is 0.466 e. The molecule has 1 aromatic carbocycles. The number of nitrogens with one attached hydrogen (secondary N) is 1. The summed E-state index contributed by atoms with van der Waals surface area (Å²) in [6.45, 7) is 2.88. The van der Waals surface area contributed by atoms with Gasteiger partial charge in [-0.25, -0.2) is 4.39 Å². The van der Waals surface area contributed by atoms with Crippen molar-refractivity contribution in [3.8, 4) is 0 Å². The summed E-state index contributed by atoms with van der Waals surface area (Å²) in [5.41, 5.74) is 0.783. The molecular weight excluding hydrogens is 333 g/mol. The Morgan fingerprint density at radius 2 is 2.21 bits per heavy atom. The molecule has 1 unspecified atom stereocenters. The molecule has 0 aliphatic rings. The average molecular weight is 347 g/mol. The SMILES string of the molecule is CCCNC(c1ccc(Cl)c(F)c1)c1occc1Br. The molecule has 0 aliphatic carbocycles. The fourth-order valence-corrected chi connectivity index (χ4v) is 2.40. The van der Waals surface area contributed by atoms with Crippen molar-refractivity contribution in [2.45, 2.75) is 19.4 Å². The van der Waals surface area contributed by atoms with Crippen LogP contribution in [0.15, 0.2) is 39.4 Å². The zero-order valence-corrected chi connectivity index (χ0v) is 12.8. The van der Waals surface area contributed by atoms with E-state index in [0.717, 1.165) is 28.8 Å². The Morgan fingerprint density at radius 1 is 1.42 bits per heavy atom. The van der Waals surface area contributed by atoms with E-state index in [-0.39, 0.29) is 11.1 Å². The standard InChI is InChI=1S/C14H14BrClFNO/c1-2-6-18-13(14-10(15)5-7-19-14)9-3-4-11(16)12(17)8-9/h3-5,7-8,13,18H,2,6H2,1H3. The highest BCUT2D eigenvalue weighted by atomic mass is 79.9. The molecule has 5 heteroatoms. The molecule has 2 rings (SSSR count). The Bertz CT molecular complexity index is 558. The molecule has 0 fully saturated rings. The van der Waals surface area contributed by atoms with Crippen LogP contribution in [0.5, 0.6) is 0 Å². The van der Waals surface area contributed by atoms with E-state index in [0.29, 0.717) is 0 Å². The third-order valence-corrected chi connectivity index (χ3v) is 3.74. The lowest BCUT2D eigenvalue weighted by Crippen LogP contribution is -2.23. The number of benzene rings is 1. The van der Waals surface area contributed by atoms with Gasteiger partial charge in [0.1, 0.15) is 11.6 Å². The van der Waals surface area contributed by atoms with Crippen molar-refractivity contribution < 1.29 is 8.81 Å². The van der Waals surface area contributed by atoms with Gasteiger partial charge in [-0.05, 0) is 52.7 Å². The first-order valence-electron chi connectivity index (χ1n) is 6.04. The van der Waals surface area contributed by atoms with Crippen LogP contribution in [0.3, 0.4) is 0 Å². The molecule has 0 spiro atoms. The van der Waals surface area contributed by atoms with Crippen molar-refractivity contribution in [2.75, 3.05) is 6.54 Å². The summed E-state index contributed by atoms with van der Waals surface area (Å²) in [7, 11) is 0. The third-order valence-electron chi connectivity index (χ3n) is 2.78. The van der Waals surface area contributed by atoms with E-state index in [1.807, 2.05) is 6.07 Å². The fourth-order valence-electron chi connectivity index (χ4n) is 1.85. The molecule has 0 bridgehead atoms. The van der Waals surface area contributed by atoms with Crippen LogP contribution < -0.4 is 5.32 Å². The van der Waals surface area contributed by atoms with Gasteiger partial charge in [0.2, 0.25) is 0 Å². The summed E-state index contributed by atoms with van der Waals surface area (Å²) < 4.78 is 19.9. The average Bonchev–Trinajstić information content (AvgIpc) is 2.80. The summed E-state index contributed by atoms with van der Waals surface area (Å²) in [6, 6.07) is 6.42. The highest BCUT2D eigenvalue weighted by Gasteiger charge is 2.20. The summed E-state index contributed by atoms with van der Waals surface area (Å²) in [5.74, 6) is 0.306. The molecule has 1 heterocycles. The second kappa shape index (κ2) is 6.55. The molecular formula is C14H14BrClFNO. The van der Waals surface area contributed by atoms with E-state index in [1.54, 1.807) is 18.4 Å². The van der Waals surface area contributed by atoms with Crippen molar-refractivity contribution in [3.05, 3.63) is 57.2 Å². The van der Waals surface area contributed by atoms with Crippen LogP contribution in [0, 0.1) is 5.82 Å². The topological polar surface area (TPSA) is 25.2 Å². The van der Waals surface area contributed by atoms with Crippen LogP contribution in [0.2, 0.25) is 5.02 Å². The Morgan fingerprint density at radius 3 is 2.79 bits per heavy atom. The van der Waals surface area contributed by atoms with Gasteiger partial charge in [0, 0.05) is 0 Å². The zero-order valence-electron chi connectivity index (χ0n) is 10.4. The maximum absolute atomic E-state index is 13.6. The lowest BCUT2D eigenvalue weighted by molar-refractivity contribution is 0.443. The van der Waals surface area contributed by atoms with Crippen LogP contribution in [0.1, 0.15) is 30.7 Å². The third kappa shape index (κ3) is 3.38. The first kappa shape index (κ1) is 14.6. The predicted octanol–water partition coefficient (Wildman–Crippen LogP) is 4.92. The van der Waals surface area contributed by atoms with Gasteiger partial charge in [0.15, 0.2) is 0 Å². The number of hydrogen-bond acceptors (Lipinski definition) is 2. The molecule has 0 aliphatic heterocycles. The van der Waals surface area contributed by atoms with E-state index in [9.17, 15) is 4.39 Å². The number of hydrogen-bond donors (Lipinski definition) is 1. The van der Waals surface area contributed by atoms with Gasteiger partial charge in [-0.2, -0.15) is 0 Å². The molecule has 1 aromatic heterocycles. The second-order valence-electron chi connectivity index (χ2n) is 4.19. The Hall–Kier alpha value is -0.840. The first-order valence-corrected chi connectivity index (χ1v) is 7.21. The highest BCUT2D eigenvalue weighted by molar-refractivity contribution is 9.10. The zero-order chi connectivity index (χ0) is 13.8. The van der Waals surface area contributed by atoms with Crippen molar-refractivity contribution in [2.24, 2.45) is 0 Å². The highest BCUT2D eigenvalue weighted by Crippen LogP contribution is 2.31. The van der Waals surface area contributed by atoms with Gasteiger partial charge in [-0.15, -0.1) is 0 Å². The van der Waals surface area contributed by atoms with E-state index < -0.39 is 5.82 Å². The van der Waals surface area contributed by atoms with Gasteiger partial charge < -0.3 is 9.73 Å². The molecule has 2 aromatic rings. The van der Waals surface area contributed by atoms with Crippen molar-refractivity contribution in [3.63, 3.8) is 0 Å². The second-order valence-corrected chi connectivity index (χ2v) is 5.46. The first-order chi connectivity index (χ1) is 9.13. The van der Waals surface area contributed by atoms with E-state index in [4.69, 9.17) is 16.0 Å². The minimum Gasteiger partial charge on any atom is -0.466 e. The van der Waals surface area contributed by atoms with Crippen LogP contribution >= 0.6 is 27.5 Å². The molecule has 0 amide bonds. The maximum Gasteiger partial charge on any atom is 0.142 e. The Labute approximate surface area is 125 Å². The van der Waals surface area contributed by atoms with Gasteiger partial charge in [-0.1, -0.05) is 24.6 Å². The molecule has 102 valence electrons. The van der Waals surface area contributed by atoms with Crippen molar-refractivity contribution >= 4 is 27.5 Å².